The highest BCUT2D eigenvalue weighted by Crippen LogP contribution is 2.22. The Morgan fingerprint density at radius 2 is 1.70 bits per heavy atom. The van der Waals surface area contributed by atoms with Crippen LogP contribution in [0.1, 0.15) is 29.3 Å². The van der Waals surface area contributed by atoms with E-state index in [1.807, 2.05) is 31.1 Å². The second-order valence-electron chi connectivity index (χ2n) is 7.24. The zero-order valence-corrected chi connectivity index (χ0v) is 18.5. The summed E-state index contributed by atoms with van der Waals surface area (Å²) in [7, 11) is 0.408. The Labute approximate surface area is 177 Å². The van der Waals surface area contributed by atoms with Gasteiger partial charge in [-0.2, -0.15) is 0 Å². The summed E-state index contributed by atoms with van der Waals surface area (Å²) in [4.78, 5) is 26.0. The molecule has 0 atom stereocenters. The lowest BCUT2D eigenvalue weighted by atomic mass is 10.1. The Morgan fingerprint density at radius 1 is 1.03 bits per heavy atom. The molecule has 2 aromatic rings. The van der Waals surface area contributed by atoms with Crippen molar-refractivity contribution in [3.05, 3.63) is 53.6 Å². The molecule has 30 heavy (non-hydrogen) atoms. The van der Waals surface area contributed by atoms with E-state index in [0.29, 0.717) is 12.2 Å². The number of nitrogens with zero attached hydrogens (tertiary/aromatic N) is 1. The summed E-state index contributed by atoms with van der Waals surface area (Å²) in [5.41, 5.74) is 3.00. The van der Waals surface area contributed by atoms with Crippen molar-refractivity contribution in [1.29, 1.82) is 0 Å². The van der Waals surface area contributed by atoms with Crippen molar-refractivity contribution in [2.45, 2.75) is 19.8 Å². The van der Waals surface area contributed by atoms with Crippen LogP contribution < -0.4 is 20.3 Å². The summed E-state index contributed by atoms with van der Waals surface area (Å²) in [6.45, 7) is 1.78. The first-order chi connectivity index (χ1) is 14.0. The second kappa shape index (κ2) is 10.1. The fourth-order valence-electron chi connectivity index (χ4n) is 2.85. The van der Waals surface area contributed by atoms with Crippen LogP contribution in [0.4, 0.5) is 17.1 Å². The van der Waals surface area contributed by atoms with E-state index in [1.165, 1.54) is 30.7 Å². The molecule has 162 valence electrons. The van der Waals surface area contributed by atoms with Crippen LogP contribution in [-0.4, -0.2) is 47.1 Å². The second-order valence-corrected chi connectivity index (χ2v) is 8.98. The number of anilines is 3. The zero-order chi connectivity index (χ0) is 22.3. The number of sulfonamides is 1. The summed E-state index contributed by atoms with van der Waals surface area (Å²) in [5, 5.41) is 5.40. The van der Waals surface area contributed by atoms with E-state index >= 15 is 0 Å². The van der Waals surface area contributed by atoms with Crippen molar-refractivity contribution in [2.24, 2.45) is 0 Å². The third-order valence-corrected chi connectivity index (χ3v) is 4.85. The predicted molar refractivity (Wildman–Crippen MR) is 121 cm³/mol. The molecule has 0 fully saturated rings. The highest BCUT2D eigenvalue weighted by atomic mass is 32.2. The SMILES string of the molecule is CC(=O)Nc1ccc(NS(C)(=O)=O)c(C(=O)NCCCc2ccc(N(C)C)cc2)c1. The van der Waals surface area contributed by atoms with Gasteiger partial charge in [-0.05, 0) is 48.7 Å². The van der Waals surface area contributed by atoms with Gasteiger partial charge in [-0.15, -0.1) is 0 Å². The number of nitrogens with one attached hydrogen (secondary N) is 3. The number of carbonyl (C=O) groups excluding carboxylic acids is 2. The average molecular weight is 433 g/mol. The Balaban J connectivity index is 2.02. The lowest BCUT2D eigenvalue weighted by Gasteiger charge is -2.14. The molecule has 0 bridgehead atoms. The van der Waals surface area contributed by atoms with Crippen molar-refractivity contribution < 1.29 is 18.0 Å². The molecule has 0 aliphatic heterocycles. The Morgan fingerprint density at radius 3 is 2.27 bits per heavy atom. The van der Waals surface area contributed by atoms with E-state index in [0.717, 1.165) is 24.8 Å². The number of carbonyl (C=O) groups is 2. The third kappa shape index (κ3) is 7.40. The fraction of sp³-hybridized carbons (Fsp3) is 0.333. The van der Waals surface area contributed by atoms with E-state index in [4.69, 9.17) is 0 Å². The maximum atomic E-state index is 12.7. The van der Waals surface area contributed by atoms with Crippen LogP contribution in [-0.2, 0) is 21.2 Å². The van der Waals surface area contributed by atoms with Crippen LogP contribution in [0.25, 0.3) is 0 Å². The number of aryl methyl sites for hydroxylation is 1. The summed E-state index contributed by atoms with van der Waals surface area (Å²) >= 11 is 0. The van der Waals surface area contributed by atoms with E-state index < -0.39 is 15.9 Å². The van der Waals surface area contributed by atoms with E-state index in [2.05, 4.69) is 27.5 Å². The summed E-state index contributed by atoms with van der Waals surface area (Å²) in [6.07, 6.45) is 2.54. The van der Waals surface area contributed by atoms with Crippen molar-refractivity contribution >= 4 is 38.9 Å². The first-order valence-corrected chi connectivity index (χ1v) is 11.4. The molecular weight excluding hydrogens is 404 g/mol. The van der Waals surface area contributed by atoms with Gasteiger partial charge in [-0.25, -0.2) is 8.42 Å². The number of benzene rings is 2. The van der Waals surface area contributed by atoms with Crippen molar-refractivity contribution in [3.63, 3.8) is 0 Å². The van der Waals surface area contributed by atoms with E-state index in [1.54, 1.807) is 0 Å². The molecule has 0 saturated carbocycles. The van der Waals surface area contributed by atoms with E-state index in [-0.39, 0.29) is 17.2 Å². The first-order valence-electron chi connectivity index (χ1n) is 9.49. The molecule has 2 aromatic carbocycles. The number of rotatable bonds is 9. The number of hydrogen-bond acceptors (Lipinski definition) is 5. The maximum Gasteiger partial charge on any atom is 0.253 e. The molecule has 0 aliphatic rings. The van der Waals surface area contributed by atoms with Gasteiger partial charge in [-0.3, -0.25) is 14.3 Å². The van der Waals surface area contributed by atoms with Gasteiger partial charge in [0, 0.05) is 38.9 Å². The topological polar surface area (TPSA) is 108 Å². The van der Waals surface area contributed by atoms with Gasteiger partial charge >= 0.3 is 0 Å². The van der Waals surface area contributed by atoms with Gasteiger partial charge in [0.1, 0.15) is 0 Å². The minimum atomic E-state index is -3.56. The van der Waals surface area contributed by atoms with Crippen LogP contribution in [0.15, 0.2) is 42.5 Å². The molecular formula is C21H28N4O4S. The third-order valence-electron chi connectivity index (χ3n) is 4.26. The first kappa shape index (κ1) is 23.2. The van der Waals surface area contributed by atoms with Crippen LogP contribution in [0, 0.1) is 0 Å². The molecule has 0 aromatic heterocycles. The lowest BCUT2D eigenvalue weighted by Crippen LogP contribution is -2.26. The molecule has 0 spiro atoms. The molecule has 0 unspecified atom stereocenters. The molecule has 2 amide bonds. The van der Waals surface area contributed by atoms with Gasteiger partial charge in [0.25, 0.3) is 5.91 Å². The van der Waals surface area contributed by atoms with Crippen molar-refractivity contribution in [2.75, 3.05) is 41.8 Å². The molecule has 9 heteroatoms. The highest BCUT2D eigenvalue weighted by Gasteiger charge is 2.15. The van der Waals surface area contributed by atoms with Crippen LogP contribution >= 0.6 is 0 Å². The minimum absolute atomic E-state index is 0.141. The minimum Gasteiger partial charge on any atom is -0.378 e. The normalized spacial score (nSPS) is 10.9. The standard InChI is InChI=1S/C21H28N4O4S/c1-15(26)23-17-9-12-20(24-30(4,28)29)19(14-17)21(27)22-13-5-6-16-7-10-18(11-8-16)25(2)3/h7-12,14,24H,5-6,13H2,1-4H3,(H,22,27)(H,23,26). The van der Waals surface area contributed by atoms with E-state index in [9.17, 15) is 18.0 Å². The monoisotopic (exact) mass is 432 g/mol. The number of hydrogen-bond donors (Lipinski definition) is 3. The molecule has 8 nitrogen and oxygen atoms in total. The quantitative estimate of drug-likeness (QED) is 0.528. The molecule has 3 N–H and O–H groups in total. The maximum absolute atomic E-state index is 12.7. The predicted octanol–water partition coefficient (Wildman–Crippen LogP) is 2.45. The Bertz CT molecular complexity index is 1000. The molecule has 0 aliphatic carbocycles. The van der Waals surface area contributed by atoms with Gasteiger partial charge < -0.3 is 15.5 Å². The molecule has 0 heterocycles. The number of amides is 2. The van der Waals surface area contributed by atoms with Gasteiger partial charge in [0.2, 0.25) is 15.9 Å². The average Bonchev–Trinajstić information content (AvgIpc) is 2.65. The highest BCUT2D eigenvalue weighted by molar-refractivity contribution is 7.92. The smallest absolute Gasteiger partial charge is 0.253 e. The van der Waals surface area contributed by atoms with Gasteiger partial charge in [0.05, 0.1) is 17.5 Å². The fourth-order valence-corrected chi connectivity index (χ4v) is 3.43. The Hall–Kier alpha value is -3.07. The van der Waals surface area contributed by atoms with Crippen molar-refractivity contribution in [1.82, 2.24) is 5.32 Å². The lowest BCUT2D eigenvalue weighted by molar-refractivity contribution is -0.114. The summed E-state index contributed by atoms with van der Waals surface area (Å²) < 4.78 is 25.5. The van der Waals surface area contributed by atoms with Crippen LogP contribution in [0.5, 0.6) is 0 Å². The summed E-state index contributed by atoms with van der Waals surface area (Å²) in [5.74, 6) is -0.707. The molecule has 2 rings (SSSR count). The summed E-state index contributed by atoms with van der Waals surface area (Å²) in [6, 6.07) is 12.6. The van der Waals surface area contributed by atoms with Gasteiger partial charge in [0.15, 0.2) is 0 Å². The molecule has 0 radical (unpaired) electrons. The van der Waals surface area contributed by atoms with Gasteiger partial charge in [-0.1, -0.05) is 12.1 Å². The van der Waals surface area contributed by atoms with Crippen molar-refractivity contribution in [3.8, 4) is 0 Å². The van der Waals surface area contributed by atoms with Crippen LogP contribution in [0.2, 0.25) is 0 Å². The zero-order valence-electron chi connectivity index (χ0n) is 17.7. The molecule has 0 saturated heterocycles. The Kier molecular flexibility index (Phi) is 7.82. The van der Waals surface area contributed by atoms with Crippen LogP contribution in [0.3, 0.4) is 0 Å². The largest absolute Gasteiger partial charge is 0.378 e.